The fourth-order valence-electron chi connectivity index (χ4n) is 2.41. The number of anilines is 1. The number of hydrogen-bond acceptors (Lipinski definition) is 3. The molecule has 96 valence electrons. The van der Waals surface area contributed by atoms with E-state index in [4.69, 9.17) is 5.73 Å². The molecule has 1 aliphatic rings. The van der Waals surface area contributed by atoms with Gasteiger partial charge in [0.05, 0.1) is 5.69 Å². The molecule has 1 aromatic heterocycles. The first kappa shape index (κ1) is 12.4. The highest BCUT2D eigenvalue weighted by atomic mass is 15.3. The number of hydrogen-bond donors (Lipinski definition) is 1. The first-order chi connectivity index (χ1) is 8.06. The molecule has 2 rings (SSSR count). The summed E-state index contributed by atoms with van der Waals surface area (Å²) in [4.78, 5) is 7.03. The molecule has 4 nitrogen and oxygen atoms in total. The van der Waals surface area contributed by atoms with Crippen molar-refractivity contribution >= 4 is 5.95 Å². The highest BCUT2D eigenvalue weighted by Gasteiger charge is 2.20. The van der Waals surface area contributed by atoms with E-state index in [2.05, 4.69) is 41.4 Å². The second-order valence-electron chi connectivity index (χ2n) is 5.55. The molecule has 4 heteroatoms. The van der Waals surface area contributed by atoms with Gasteiger partial charge in [-0.05, 0) is 25.7 Å². The molecule has 0 unspecified atom stereocenters. The average molecular weight is 236 g/mol. The Morgan fingerprint density at radius 2 is 2.06 bits per heavy atom. The maximum absolute atomic E-state index is 5.95. The molecule has 2 heterocycles. The van der Waals surface area contributed by atoms with Crippen LogP contribution >= 0.6 is 0 Å². The molecular weight excluding hydrogens is 212 g/mol. The number of aromatic nitrogens is 2. The van der Waals surface area contributed by atoms with E-state index in [-0.39, 0.29) is 0 Å². The lowest BCUT2D eigenvalue weighted by Gasteiger charge is -2.31. The first-order valence-electron chi connectivity index (χ1n) is 6.60. The van der Waals surface area contributed by atoms with E-state index in [1.165, 1.54) is 0 Å². The van der Waals surface area contributed by atoms with Gasteiger partial charge in [0.1, 0.15) is 0 Å². The molecular formula is C13H24N4. The van der Waals surface area contributed by atoms with Gasteiger partial charge in [-0.2, -0.15) is 0 Å². The van der Waals surface area contributed by atoms with Crippen molar-refractivity contribution in [1.29, 1.82) is 0 Å². The van der Waals surface area contributed by atoms with Gasteiger partial charge >= 0.3 is 0 Å². The maximum atomic E-state index is 5.95. The van der Waals surface area contributed by atoms with E-state index in [1.807, 2.05) is 0 Å². The number of rotatable bonds is 3. The highest BCUT2D eigenvalue weighted by Crippen LogP contribution is 2.20. The third kappa shape index (κ3) is 3.00. The Labute approximate surface area is 104 Å². The molecule has 0 bridgehead atoms. The Morgan fingerprint density at radius 1 is 1.41 bits per heavy atom. The van der Waals surface area contributed by atoms with Gasteiger partial charge in [-0.15, -0.1) is 0 Å². The summed E-state index contributed by atoms with van der Waals surface area (Å²) in [5.41, 5.74) is 7.05. The van der Waals surface area contributed by atoms with Crippen LogP contribution in [0.1, 0.15) is 32.4 Å². The lowest BCUT2D eigenvalue weighted by molar-refractivity contribution is 0.474. The summed E-state index contributed by atoms with van der Waals surface area (Å²) in [5, 5.41) is 0. The number of nitrogens with two attached hydrogens (primary N) is 1. The molecule has 1 aliphatic heterocycles. The lowest BCUT2D eigenvalue weighted by Crippen LogP contribution is -2.41. The third-order valence-corrected chi connectivity index (χ3v) is 3.26. The smallest absolute Gasteiger partial charge is 0.205 e. The zero-order valence-electron chi connectivity index (χ0n) is 11.2. The van der Waals surface area contributed by atoms with E-state index in [0.29, 0.717) is 12.0 Å². The van der Waals surface area contributed by atoms with Crippen LogP contribution < -0.4 is 10.6 Å². The predicted octanol–water partition coefficient (Wildman–Crippen LogP) is 1.78. The van der Waals surface area contributed by atoms with E-state index in [9.17, 15) is 0 Å². The zero-order chi connectivity index (χ0) is 12.4. The number of nitrogens with zero attached hydrogens (tertiary/aromatic N) is 3. The van der Waals surface area contributed by atoms with Crippen LogP contribution in [0.4, 0.5) is 5.95 Å². The molecule has 1 fully saturated rings. The fourth-order valence-corrected chi connectivity index (χ4v) is 2.41. The van der Waals surface area contributed by atoms with Crippen LogP contribution in [0.5, 0.6) is 0 Å². The highest BCUT2D eigenvalue weighted by molar-refractivity contribution is 5.34. The Kier molecular flexibility index (Phi) is 3.72. The molecule has 1 saturated heterocycles. The van der Waals surface area contributed by atoms with E-state index in [0.717, 1.165) is 44.1 Å². The maximum Gasteiger partial charge on any atom is 0.205 e. The average Bonchev–Trinajstić information content (AvgIpc) is 2.59. The predicted molar refractivity (Wildman–Crippen MR) is 71.2 cm³/mol. The Bertz CT molecular complexity index is 361. The van der Waals surface area contributed by atoms with Gasteiger partial charge in [0.2, 0.25) is 5.95 Å². The van der Waals surface area contributed by atoms with Gasteiger partial charge in [0.15, 0.2) is 0 Å². The summed E-state index contributed by atoms with van der Waals surface area (Å²) in [6.07, 6.45) is 4.31. The Balaban J connectivity index is 2.13. The van der Waals surface area contributed by atoms with Gasteiger partial charge in [-0.1, -0.05) is 13.8 Å². The minimum absolute atomic E-state index is 0.376. The van der Waals surface area contributed by atoms with Crippen LogP contribution in [0, 0.1) is 12.8 Å². The summed E-state index contributed by atoms with van der Waals surface area (Å²) in [7, 11) is 0. The minimum atomic E-state index is 0.376. The summed E-state index contributed by atoms with van der Waals surface area (Å²) in [6, 6.07) is 0.376. The molecule has 0 atom stereocenters. The summed E-state index contributed by atoms with van der Waals surface area (Å²) in [6.45, 7) is 9.66. The van der Waals surface area contributed by atoms with E-state index in [1.54, 1.807) is 0 Å². The van der Waals surface area contributed by atoms with Gasteiger partial charge in [0, 0.05) is 31.9 Å². The summed E-state index contributed by atoms with van der Waals surface area (Å²) in [5.74, 6) is 1.78. The lowest BCUT2D eigenvalue weighted by atomic mass is 10.1. The molecule has 17 heavy (non-hydrogen) atoms. The second-order valence-corrected chi connectivity index (χ2v) is 5.55. The van der Waals surface area contributed by atoms with Crippen LogP contribution in [0.3, 0.4) is 0 Å². The van der Waals surface area contributed by atoms with Crippen molar-refractivity contribution in [3.8, 4) is 0 Å². The monoisotopic (exact) mass is 236 g/mol. The largest absolute Gasteiger partial charge is 0.342 e. The van der Waals surface area contributed by atoms with Crippen LogP contribution in [-0.2, 0) is 6.54 Å². The molecule has 1 aromatic rings. The molecule has 0 saturated carbocycles. The van der Waals surface area contributed by atoms with E-state index >= 15 is 0 Å². The van der Waals surface area contributed by atoms with Crippen LogP contribution in [0.25, 0.3) is 0 Å². The fraction of sp³-hybridized carbons (Fsp3) is 0.769. The molecule has 0 radical (unpaired) electrons. The van der Waals surface area contributed by atoms with E-state index < -0.39 is 0 Å². The summed E-state index contributed by atoms with van der Waals surface area (Å²) >= 11 is 0. The number of imidazole rings is 1. The van der Waals surface area contributed by atoms with Crippen molar-refractivity contribution in [2.45, 2.75) is 46.2 Å². The van der Waals surface area contributed by atoms with Crippen molar-refractivity contribution in [3.63, 3.8) is 0 Å². The number of piperidine rings is 1. The summed E-state index contributed by atoms with van der Waals surface area (Å²) < 4.78 is 2.29. The van der Waals surface area contributed by atoms with Crippen molar-refractivity contribution in [3.05, 3.63) is 11.9 Å². The third-order valence-electron chi connectivity index (χ3n) is 3.26. The topological polar surface area (TPSA) is 47.1 Å². The molecule has 0 spiro atoms. The van der Waals surface area contributed by atoms with Gasteiger partial charge in [0.25, 0.3) is 0 Å². The van der Waals surface area contributed by atoms with Crippen molar-refractivity contribution in [1.82, 2.24) is 9.55 Å². The Morgan fingerprint density at radius 3 is 2.65 bits per heavy atom. The van der Waals surface area contributed by atoms with Crippen molar-refractivity contribution in [2.24, 2.45) is 11.7 Å². The van der Waals surface area contributed by atoms with Crippen LogP contribution in [0.2, 0.25) is 0 Å². The number of aryl methyl sites for hydroxylation is 1. The normalized spacial score (nSPS) is 18.1. The van der Waals surface area contributed by atoms with Crippen LogP contribution in [0.15, 0.2) is 6.20 Å². The quantitative estimate of drug-likeness (QED) is 0.870. The molecule has 2 N–H and O–H groups in total. The van der Waals surface area contributed by atoms with Gasteiger partial charge < -0.3 is 15.2 Å². The Hall–Kier alpha value is -1.03. The minimum Gasteiger partial charge on any atom is -0.342 e. The molecule has 0 aromatic carbocycles. The van der Waals surface area contributed by atoms with Crippen molar-refractivity contribution < 1.29 is 0 Å². The van der Waals surface area contributed by atoms with Crippen LogP contribution in [-0.4, -0.2) is 28.7 Å². The standard InChI is InChI=1S/C13H24N4/c1-10(2)8-17-9-11(3)15-13(17)16-6-4-12(14)5-7-16/h9-10,12H,4-8,14H2,1-3H3. The first-order valence-corrected chi connectivity index (χ1v) is 6.60. The molecule has 0 aliphatic carbocycles. The van der Waals surface area contributed by atoms with Gasteiger partial charge in [-0.25, -0.2) is 4.98 Å². The SMILES string of the molecule is Cc1cn(CC(C)C)c(N2CCC(N)CC2)n1. The van der Waals surface area contributed by atoms with Crippen molar-refractivity contribution in [2.75, 3.05) is 18.0 Å². The zero-order valence-corrected chi connectivity index (χ0v) is 11.2. The molecule has 0 amide bonds. The van der Waals surface area contributed by atoms with Gasteiger partial charge in [-0.3, -0.25) is 0 Å². The second kappa shape index (κ2) is 5.08.